The summed E-state index contributed by atoms with van der Waals surface area (Å²) in [4.78, 5) is 27.4. The molecule has 2 amide bonds. The normalized spacial score (nSPS) is 12.9. The zero-order valence-electron chi connectivity index (χ0n) is 15.4. The van der Waals surface area contributed by atoms with Crippen LogP contribution in [-0.4, -0.2) is 33.3 Å². The predicted molar refractivity (Wildman–Crippen MR) is 119 cm³/mol. The number of hydrogen-bond donors (Lipinski definition) is 3. The van der Waals surface area contributed by atoms with E-state index in [1.54, 1.807) is 36.8 Å². The quantitative estimate of drug-likeness (QED) is 0.497. The van der Waals surface area contributed by atoms with Gasteiger partial charge in [0.2, 0.25) is 0 Å². The highest BCUT2D eigenvalue weighted by Gasteiger charge is 2.16. The summed E-state index contributed by atoms with van der Waals surface area (Å²) in [6.07, 6.45) is 6.38. The van der Waals surface area contributed by atoms with E-state index in [4.69, 9.17) is 11.6 Å². The molecular weight excluding hydrogens is 428 g/mol. The SMILES string of the molecule is O=C(Nc1cccc(Cl)c1)Nc1ncc(CCNc2ncnc3c2SCCC3)s1. The molecular formula is C19H19ClN6OS2. The highest BCUT2D eigenvalue weighted by molar-refractivity contribution is 7.99. The van der Waals surface area contributed by atoms with Gasteiger partial charge in [0.15, 0.2) is 5.13 Å². The molecule has 2 aromatic heterocycles. The Bertz CT molecular complexity index is 1010. The Labute approximate surface area is 181 Å². The minimum absolute atomic E-state index is 0.351. The van der Waals surface area contributed by atoms with E-state index in [2.05, 4.69) is 30.9 Å². The van der Waals surface area contributed by atoms with Gasteiger partial charge in [0.05, 0.1) is 10.6 Å². The summed E-state index contributed by atoms with van der Waals surface area (Å²) >= 11 is 9.19. The number of thioether (sulfide) groups is 1. The van der Waals surface area contributed by atoms with Gasteiger partial charge in [-0.25, -0.2) is 19.7 Å². The van der Waals surface area contributed by atoms with Crippen LogP contribution in [0.25, 0.3) is 0 Å². The summed E-state index contributed by atoms with van der Waals surface area (Å²) < 4.78 is 0. The first-order chi connectivity index (χ1) is 14.2. The summed E-state index contributed by atoms with van der Waals surface area (Å²) in [7, 11) is 0. The number of carbonyl (C=O) groups is 1. The van der Waals surface area contributed by atoms with Gasteiger partial charge in [0.1, 0.15) is 12.1 Å². The molecule has 0 spiro atoms. The molecule has 3 heterocycles. The number of halogens is 1. The fraction of sp³-hybridized carbons (Fsp3) is 0.263. The van der Waals surface area contributed by atoms with Crippen LogP contribution in [0.2, 0.25) is 5.02 Å². The number of nitrogens with zero attached hydrogens (tertiary/aromatic N) is 3. The van der Waals surface area contributed by atoms with Crippen molar-refractivity contribution >= 4 is 57.4 Å². The van der Waals surface area contributed by atoms with Gasteiger partial charge in [-0.2, -0.15) is 0 Å². The number of fused-ring (bicyclic) bond motifs is 1. The molecule has 0 fully saturated rings. The third kappa shape index (κ3) is 5.37. The van der Waals surface area contributed by atoms with Gasteiger partial charge >= 0.3 is 6.03 Å². The highest BCUT2D eigenvalue weighted by Crippen LogP contribution is 2.33. The molecule has 0 aliphatic carbocycles. The standard InChI is InChI=1S/C19H19ClN6OS2/c20-12-3-1-4-13(9-12)25-18(27)26-19-22-10-14(29-19)6-7-21-17-16-15(23-11-24-17)5-2-8-28-16/h1,3-4,9-11H,2,5-8H2,(H,21,23,24)(H2,22,25,26,27). The van der Waals surface area contributed by atoms with E-state index in [1.165, 1.54) is 16.2 Å². The number of hydrogen-bond acceptors (Lipinski definition) is 7. The fourth-order valence-corrected chi connectivity index (χ4v) is 4.96. The molecule has 0 saturated heterocycles. The number of amides is 2. The van der Waals surface area contributed by atoms with Crippen LogP contribution in [-0.2, 0) is 12.8 Å². The molecule has 29 heavy (non-hydrogen) atoms. The molecule has 0 unspecified atom stereocenters. The Morgan fingerprint density at radius 3 is 3.03 bits per heavy atom. The lowest BCUT2D eigenvalue weighted by Gasteiger charge is -2.17. The van der Waals surface area contributed by atoms with Crippen molar-refractivity contribution in [3.63, 3.8) is 0 Å². The van der Waals surface area contributed by atoms with Crippen molar-refractivity contribution in [2.24, 2.45) is 0 Å². The van der Waals surface area contributed by atoms with Crippen LogP contribution in [0, 0.1) is 0 Å². The maximum Gasteiger partial charge on any atom is 0.325 e. The topological polar surface area (TPSA) is 91.8 Å². The molecule has 10 heteroatoms. The first-order valence-electron chi connectivity index (χ1n) is 9.16. The van der Waals surface area contributed by atoms with Gasteiger partial charge < -0.3 is 10.6 Å². The third-order valence-electron chi connectivity index (χ3n) is 4.20. The maximum absolute atomic E-state index is 12.1. The van der Waals surface area contributed by atoms with Crippen molar-refractivity contribution in [2.75, 3.05) is 28.2 Å². The van der Waals surface area contributed by atoms with E-state index < -0.39 is 0 Å². The molecule has 150 valence electrons. The third-order valence-corrected chi connectivity index (χ3v) is 6.62. The molecule has 3 aromatic rings. The van der Waals surface area contributed by atoms with Crippen LogP contribution in [0.15, 0.2) is 41.7 Å². The zero-order chi connectivity index (χ0) is 20.1. The number of aryl methyl sites for hydroxylation is 1. The molecule has 4 rings (SSSR count). The van der Waals surface area contributed by atoms with E-state index >= 15 is 0 Å². The largest absolute Gasteiger partial charge is 0.369 e. The zero-order valence-corrected chi connectivity index (χ0v) is 17.8. The van der Waals surface area contributed by atoms with Crippen LogP contribution in [0.1, 0.15) is 17.0 Å². The van der Waals surface area contributed by atoms with Crippen LogP contribution in [0.4, 0.5) is 21.4 Å². The molecule has 7 nitrogen and oxygen atoms in total. The number of thiazole rings is 1. The monoisotopic (exact) mass is 446 g/mol. The van der Waals surface area contributed by atoms with E-state index in [0.29, 0.717) is 15.8 Å². The summed E-state index contributed by atoms with van der Waals surface area (Å²) in [6, 6.07) is 6.64. The smallest absolute Gasteiger partial charge is 0.325 e. The number of nitrogens with one attached hydrogen (secondary N) is 3. The fourth-order valence-electron chi connectivity index (χ4n) is 2.89. The molecule has 1 aliphatic heterocycles. The van der Waals surface area contributed by atoms with E-state index in [1.807, 2.05) is 11.8 Å². The summed E-state index contributed by atoms with van der Waals surface area (Å²) in [6.45, 7) is 0.736. The highest BCUT2D eigenvalue weighted by atomic mass is 35.5. The van der Waals surface area contributed by atoms with Crippen LogP contribution >= 0.6 is 34.7 Å². The average molecular weight is 447 g/mol. The van der Waals surface area contributed by atoms with Crippen molar-refractivity contribution in [1.82, 2.24) is 15.0 Å². The second kappa shape index (κ2) is 9.43. The number of carbonyl (C=O) groups excluding carboxylic acids is 1. The molecule has 0 bridgehead atoms. The number of aromatic nitrogens is 3. The molecule has 1 aromatic carbocycles. The van der Waals surface area contributed by atoms with Gasteiger partial charge in [-0.05, 0) is 36.8 Å². The number of anilines is 3. The second-order valence-corrected chi connectivity index (χ2v) is 9.00. The van der Waals surface area contributed by atoms with Crippen LogP contribution < -0.4 is 16.0 Å². The molecule has 1 aliphatic rings. The number of rotatable bonds is 6. The summed E-state index contributed by atoms with van der Waals surface area (Å²) in [5.74, 6) is 2.01. The first kappa shape index (κ1) is 19.9. The van der Waals surface area contributed by atoms with Crippen molar-refractivity contribution in [3.05, 3.63) is 52.4 Å². The Morgan fingerprint density at radius 2 is 2.14 bits per heavy atom. The van der Waals surface area contributed by atoms with Gasteiger partial charge in [-0.1, -0.05) is 17.7 Å². The van der Waals surface area contributed by atoms with Crippen LogP contribution in [0.3, 0.4) is 0 Å². The lowest BCUT2D eigenvalue weighted by Crippen LogP contribution is -2.19. The van der Waals surface area contributed by atoms with E-state index in [-0.39, 0.29) is 6.03 Å². The van der Waals surface area contributed by atoms with Crippen molar-refractivity contribution < 1.29 is 4.79 Å². The second-order valence-electron chi connectivity index (χ2n) is 6.35. The molecule has 0 atom stereocenters. The Morgan fingerprint density at radius 1 is 1.21 bits per heavy atom. The predicted octanol–water partition coefficient (Wildman–Crippen LogP) is 4.92. The summed E-state index contributed by atoms with van der Waals surface area (Å²) in [5, 5.41) is 10.0. The minimum atomic E-state index is -0.351. The Kier molecular flexibility index (Phi) is 6.48. The molecule has 0 saturated carbocycles. The van der Waals surface area contributed by atoms with Gasteiger partial charge in [0.25, 0.3) is 0 Å². The van der Waals surface area contributed by atoms with Gasteiger partial charge in [0, 0.05) is 34.7 Å². The van der Waals surface area contributed by atoms with Crippen molar-refractivity contribution in [1.29, 1.82) is 0 Å². The lowest BCUT2D eigenvalue weighted by molar-refractivity contribution is 0.262. The molecule has 3 N–H and O–H groups in total. The van der Waals surface area contributed by atoms with Gasteiger partial charge in [-0.15, -0.1) is 23.1 Å². The number of benzene rings is 1. The maximum atomic E-state index is 12.1. The van der Waals surface area contributed by atoms with Gasteiger partial charge in [-0.3, -0.25) is 5.32 Å². The summed E-state index contributed by atoms with van der Waals surface area (Å²) in [5.41, 5.74) is 1.76. The number of urea groups is 1. The average Bonchev–Trinajstić information content (AvgIpc) is 3.15. The molecule has 0 radical (unpaired) electrons. The Balaban J connectivity index is 1.28. The minimum Gasteiger partial charge on any atom is -0.369 e. The van der Waals surface area contributed by atoms with E-state index in [0.717, 1.165) is 47.9 Å². The lowest BCUT2D eigenvalue weighted by atomic mass is 10.2. The van der Waals surface area contributed by atoms with Crippen LogP contribution in [0.5, 0.6) is 0 Å². The first-order valence-corrected chi connectivity index (χ1v) is 11.3. The Hall–Kier alpha value is -2.36. The van der Waals surface area contributed by atoms with E-state index in [9.17, 15) is 4.79 Å². The van der Waals surface area contributed by atoms with Crippen molar-refractivity contribution in [2.45, 2.75) is 24.2 Å². The van der Waals surface area contributed by atoms with Crippen molar-refractivity contribution in [3.8, 4) is 0 Å².